The third-order valence-corrected chi connectivity index (χ3v) is 3.17. The van der Waals surface area contributed by atoms with Crippen LogP contribution in [0.5, 0.6) is 0 Å². The average Bonchev–Trinajstić information content (AvgIpc) is 2.47. The second-order valence-corrected chi connectivity index (χ2v) is 4.23. The van der Waals surface area contributed by atoms with Crippen LogP contribution >= 0.6 is 0 Å². The van der Waals surface area contributed by atoms with E-state index in [1.54, 1.807) is 13.0 Å². The summed E-state index contributed by atoms with van der Waals surface area (Å²) in [6, 6.07) is 3.03. The molecule has 2 N–H and O–H groups in total. The lowest BCUT2D eigenvalue weighted by Crippen LogP contribution is -2.03. The zero-order valence-corrected chi connectivity index (χ0v) is 12.3. The Morgan fingerprint density at radius 3 is 2.00 bits per heavy atom. The highest BCUT2D eigenvalue weighted by atomic mass is 19.2. The standard InChI is InChI=1S/C14H14F3N.C2H6/c1-3-7-5-8(18)6-10-11(7)9(4-2)12(15)14(17)13(10)16;1-2/h5-6H,3-4,18H2,1-2H3;1-2H3. The number of rotatable bonds is 2. The van der Waals surface area contributed by atoms with E-state index < -0.39 is 17.5 Å². The minimum absolute atomic E-state index is 0.0580. The van der Waals surface area contributed by atoms with E-state index in [9.17, 15) is 13.2 Å². The highest BCUT2D eigenvalue weighted by Gasteiger charge is 2.20. The van der Waals surface area contributed by atoms with Crippen molar-refractivity contribution in [2.75, 3.05) is 5.73 Å². The number of anilines is 1. The van der Waals surface area contributed by atoms with Gasteiger partial charge in [-0.25, -0.2) is 13.2 Å². The molecule has 0 aliphatic rings. The van der Waals surface area contributed by atoms with Gasteiger partial charge in [0, 0.05) is 11.1 Å². The molecule has 0 aliphatic carbocycles. The Hall–Kier alpha value is -1.71. The van der Waals surface area contributed by atoms with Crippen molar-refractivity contribution in [2.45, 2.75) is 40.5 Å². The molecule has 20 heavy (non-hydrogen) atoms. The summed E-state index contributed by atoms with van der Waals surface area (Å²) < 4.78 is 41.0. The molecule has 0 heterocycles. The number of nitrogens with two attached hydrogens (primary N) is 1. The zero-order chi connectivity index (χ0) is 15.4. The van der Waals surface area contributed by atoms with Crippen LogP contribution < -0.4 is 5.73 Å². The first-order chi connectivity index (χ1) is 9.51. The van der Waals surface area contributed by atoms with Crippen LogP contribution in [0.25, 0.3) is 10.8 Å². The molecule has 0 fully saturated rings. The lowest BCUT2D eigenvalue weighted by molar-refractivity contribution is 0.448. The first-order valence-corrected chi connectivity index (χ1v) is 6.88. The Bertz CT molecular complexity index is 621. The molecule has 4 heteroatoms. The van der Waals surface area contributed by atoms with Gasteiger partial charge in [-0.3, -0.25) is 0 Å². The summed E-state index contributed by atoms with van der Waals surface area (Å²) in [6.07, 6.45) is 0.884. The van der Waals surface area contributed by atoms with E-state index >= 15 is 0 Å². The first kappa shape index (κ1) is 16.3. The molecule has 0 unspecified atom stereocenters. The molecule has 2 aromatic rings. The smallest absolute Gasteiger partial charge is 0.195 e. The van der Waals surface area contributed by atoms with Gasteiger partial charge in [0.15, 0.2) is 17.5 Å². The van der Waals surface area contributed by atoms with E-state index in [0.717, 1.165) is 5.56 Å². The summed E-state index contributed by atoms with van der Waals surface area (Å²) in [6.45, 7) is 7.58. The maximum absolute atomic E-state index is 13.8. The molecular formula is C16H20F3N. The molecule has 0 saturated carbocycles. The van der Waals surface area contributed by atoms with Crippen molar-refractivity contribution in [2.24, 2.45) is 0 Å². The number of halogens is 3. The molecule has 0 aliphatic heterocycles. The summed E-state index contributed by atoms with van der Waals surface area (Å²) in [4.78, 5) is 0. The van der Waals surface area contributed by atoms with Gasteiger partial charge in [0.05, 0.1) is 0 Å². The molecule has 0 radical (unpaired) electrons. The van der Waals surface area contributed by atoms with Crippen molar-refractivity contribution in [3.05, 3.63) is 40.7 Å². The van der Waals surface area contributed by atoms with Crippen molar-refractivity contribution in [3.63, 3.8) is 0 Å². The fourth-order valence-electron chi connectivity index (χ4n) is 2.32. The zero-order valence-electron chi connectivity index (χ0n) is 12.3. The highest BCUT2D eigenvalue weighted by Crippen LogP contribution is 2.32. The number of fused-ring (bicyclic) bond motifs is 1. The fourth-order valence-corrected chi connectivity index (χ4v) is 2.32. The second-order valence-electron chi connectivity index (χ2n) is 4.23. The van der Waals surface area contributed by atoms with Crippen LogP contribution in [0.15, 0.2) is 12.1 Å². The van der Waals surface area contributed by atoms with Crippen molar-refractivity contribution in [1.82, 2.24) is 0 Å². The molecule has 0 atom stereocenters. The predicted molar refractivity (Wildman–Crippen MR) is 78.3 cm³/mol. The summed E-state index contributed by atoms with van der Waals surface area (Å²) in [7, 11) is 0. The van der Waals surface area contributed by atoms with Gasteiger partial charge < -0.3 is 5.73 Å². The van der Waals surface area contributed by atoms with Crippen LogP contribution in [-0.2, 0) is 12.8 Å². The van der Waals surface area contributed by atoms with Gasteiger partial charge in [-0.1, -0.05) is 27.7 Å². The lowest BCUT2D eigenvalue weighted by Gasteiger charge is -2.13. The molecule has 2 aromatic carbocycles. The molecule has 0 saturated heterocycles. The van der Waals surface area contributed by atoms with E-state index in [2.05, 4.69) is 0 Å². The molecule has 0 amide bonds. The molecule has 110 valence electrons. The van der Waals surface area contributed by atoms with E-state index in [1.807, 2.05) is 20.8 Å². The molecule has 0 aromatic heterocycles. The maximum Gasteiger partial charge on any atom is 0.195 e. The number of aryl methyl sites for hydroxylation is 2. The van der Waals surface area contributed by atoms with E-state index in [-0.39, 0.29) is 10.9 Å². The Labute approximate surface area is 117 Å². The summed E-state index contributed by atoms with van der Waals surface area (Å²) in [5.74, 6) is -3.68. The largest absolute Gasteiger partial charge is 0.399 e. The Morgan fingerprint density at radius 1 is 0.900 bits per heavy atom. The van der Waals surface area contributed by atoms with Crippen LogP contribution in [0.3, 0.4) is 0 Å². The average molecular weight is 283 g/mol. The molecule has 0 bridgehead atoms. The summed E-state index contributed by atoms with van der Waals surface area (Å²) in [5, 5.41) is 0.508. The minimum Gasteiger partial charge on any atom is -0.399 e. The Morgan fingerprint density at radius 2 is 1.50 bits per heavy atom. The highest BCUT2D eigenvalue weighted by molar-refractivity contribution is 5.92. The second kappa shape index (κ2) is 6.64. The van der Waals surface area contributed by atoms with Gasteiger partial charge in [-0.15, -0.1) is 0 Å². The third kappa shape index (κ3) is 2.60. The van der Waals surface area contributed by atoms with Gasteiger partial charge in [-0.05, 0) is 41.5 Å². The van der Waals surface area contributed by atoms with Crippen molar-refractivity contribution in [1.29, 1.82) is 0 Å². The van der Waals surface area contributed by atoms with Crippen LogP contribution in [0.2, 0.25) is 0 Å². The Kier molecular flexibility index (Phi) is 5.43. The van der Waals surface area contributed by atoms with E-state index in [1.165, 1.54) is 6.07 Å². The first-order valence-electron chi connectivity index (χ1n) is 6.88. The van der Waals surface area contributed by atoms with Crippen molar-refractivity contribution in [3.8, 4) is 0 Å². The Balaban J connectivity index is 0.000000956. The maximum atomic E-state index is 13.8. The number of nitrogen functional groups attached to an aromatic ring is 1. The van der Waals surface area contributed by atoms with E-state index in [4.69, 9.17) is 5.73 Å². The van der Waals surface area contributed by atoms with Crippen LogP contribution in [0.1, 0.15) is 38.8 Å². The predicted octanol–water partition coefficient (Wildman–Crippen LogP) is 4.99. The van der Waals surface area contributed by atoms with Gasteiger partial charge >= 0.3 is 0 Å². The van der Waals surface area contributed by atoms with Gasteiger partial charge in [0.2, 0.25) is 0 Å². The molecule has 1 nitrogen and oxygen atoms in total. The fraction of sp³-hybridized carbons (Fsp3) is 0.375. The minimum atomic E-state index is -1.42. The molecule has 0 spiro atoms. The topological polar surface area (TPSA) is 26.0 Å². The number of hydrogen-bond acceptors (Lipinski definition) is 1. The third-order valence-electron chi connectivity index (χ3n) is 3.17. The van der Waals surface area contributed by atoms with E-state index in [0.29, 0.717) is 23.9 Å². The van der Waals surface area contributed by atoms with Gasteiger partial charge in [-0.2, -0.15) is 0 Å². The van der Waals surface area contributed by atoms with Crippen LogP contribution in [-0.4, -0.2) is 0 Å². The lowest BCUT2D eigenvalue weighted by atomic mass is 9.94. The molecular weight excluding hydrogens is 263 g/mol. The van der Waals surface area contributed by atoms with Gasteiger partial charge in [0.25, 0.3) is 0 Å². The summed E-state index contributed by atoms with van der Waals surface area (Å²) >= 11 is 0. The number of benzene rings is 2. The van der Waals surface area contributed by atoms with Crippen LogP contribution in [0.4, 0.5) is 18.9 Å². The summed E-state index contributed by atoms with van der Waals surface area (Å²) in [5.41, 5.74) is 6.96. The quantitative estimate of drug-likeness (QED) is 0.610. The number of hydrogen-bond donors (Lipinski definition) is 1. The SMILES string of the molecule is CC.CCc1cc(N)cc2c(F)c(F)c(F)c(CC)c12. The van der Waals surface area contributed by atoms with Crippen molar-refractivity contribution >= 4 is 16.5 Å². The van der Waals surface area contributed by atoms with Gasteiger partial charge in [0.1, 0.15) is 0 Å². The van der Waals surface area contributed by atoms with Crippen molar-refractivity contribution < 1.29 is 13.2 Å². The van der Waals surface area contributed by atoms with Crippen LogP contribution in [0, 0.1) is 17.5 Å². The molecule has 2 rings (SSSR count). The monoisotopic (exact) mass is 283 g/mol. The normalized spacial score (nSPS) is 10.3.